The van der Waals surface area contributed by atoms with Gasteiger partial charge in [-0.05, 0) is 57.2 Å². The van der Waals surface area contributed by atoms with Gasteiger partial charge >= 0.3 is 0 Å². The Bertz CT molecular complexity index is 1510. The summed E-state index contributed by atoms with van der Waals surface area (Å²) in [5.74, 6) is -0.266. The van der Waals surface area contributed by atoms with Crippen LogP contribution in [-0.4, -0.2) is 70.3 Å². The van der Waals surface area contributed by atoms with Crippen molar-refractivity contribution >= 4 is 23.2 Å². The lowest BCUT2D eigenvalue weighted by atomic mass is 10.0. The number of aromatic nitrogens is 6. The molecule has 0 unspecified atom stereocenters. The van der Waals surface area contributed by atoms with Gasteiger partial charge in [-0.25, -0.2) is 4.98 Å². The van der Waals surface area contributed by atoms with E-state index in [1.54, 1.807) is 22.0 Å². The maximum absolute atomic E-state index is 12.7. The van der Waals surface area contributed by atoms with Crippen LogP contribution in [0.3, 0.4) is 0 Å². The number of nitrogen functional groups attached to an aromatic ring is 1. The van der Waals surface area contributed by atoms with Crippen molar-refractivity contribution in [1.82, 2.24) is 34.3 Å². The second-order valence-electron chi connectivity index (χ2n) is 9.78. The van der Waals surface area contributed by atoms with E-state index in [9.17, 15) is 14.7 Å². The molecule has 1 atom stereocenters. The molecule has 0 saturated heterocycles. The first-order chi connectivity index (χ1) is 18.7. The third-order valence-electron chi connectivity index (χ3n) is 7.00. The molecule has 0 aromatic carbocycles. The Labute approximate surface area is 227 Å². The van der Waals surface area contributed by atoms with E-state index in [1.807, 2.05) is 46.1 Å². The summed E-state index contributed by atoms with van der Waals surface area (Å²) >= 11 is 0. The summed E-state index contributed by atoms with van der Waals surface area (Å²) in [6.45, 7) is 7.47. The Morgan fingerprint density at radius 1 is 1.23 bits per heavy atom. The average molecular weight is 533 g/mol. The highest BCUT2D eigenvalue weighted by Crippen LogP contribution is 2.30. The van der Waals surface area contributed by atoms with E-state index in [0.29, 0.717) is 42.7 Å². The van der Waals surface area contributed by atoms with Crippen LogP contribution < -0.4 is 5.73 Å². The van der Waals surface area contributed by atoms with Crippen molar-refractivity contribution < 1.29 is 14.7 Å². The highest BCUT2D eigenvalue weighted by Gasteiger charge is 2.25. The molecular formula is C28H36N8O3. The van der Waals surface area contributed by atoms with Crippen LogP contribution in [0.4, 0.5) is 5.82 Å². The Hall–Kier alpha value is -4.12. The number of ketones is 1. The van der Waals surface area contributed by atoms with E-state index in [1.165, 1.54) is 11.4 Å². The van der Waals surface area contributed by atoms with E-state index in [4.69, 9.17) is 10.7 Å². The van der Waals surface area contributed by atoms with E-state index >= 15 is 0 Å². The number of pyridine rings is 1. The topological polar surface area (TPSA) is 145 Å². The Morgan fingerprint density at radius 2 is 2.00 bits per heavy atom. The number of Topliss-reactive ketones (excluding diaryl/α,β-unsaturated/α-hetero) is 1. The maximum Gasteiger partial charge on any atom is 0.248 e. The number of amides is 1. The maximum atomic E-state index is 12.7. The van der Waals surface area contributed by atoms with Gasteiger partial charge in [0.25, 0.3) is 0 Å². The van der Waals surface area contributed by atoms with Gasteiger partial charge in [0.1, 0.15) is 18.1 Å². The fourth-order valence-corrected chi connectivity index (χ4v) is 5.09. The second-order valence-corrected chi connectivity index (χ2v) is 9.78. The molecule has 0 radical (unpaired) electrons. The molecule has 0 spiro atoms. The molecule has 0 aliphatic carbocycles. The number of carbonyl (C=O) groups is 2. The number of rotatable bonds is 11. The fraction of sp³-hybridized carbons (Fsp3) is 0.429. The van der Waals surface area contributed by atoms with Gasteiger partial charge in [-0.3, -0.25) is 19.3 Å². The van der Waals surface area contributed by atoms with Crippen molar-refractivity contribution in [1.29, 1.82) is 0 Å². The number of carbonyl (C=O) groups excluding carboxylic acids is 2. The van der Waals surface area contributed by atoms with Crippen LogP contribution in [-0.2, 0) is 18.3 Å². The summed E-state index contributed by atoms with van der Waals surface area (Å²) in [6.07, 6.45) is 7.83. The van der Waals surface area contributed by atoms with Crippen LogP contribution in [0.25, 0.3) is 28.2 Å². The Balaban J connectivity index is 1.73. The summed E-state index contributed by atoms with van der Waals surface area (Å²) in [5.41, 5.74) is 12.0. The molecule has 4 heterocycles. The van der Waals surface area contributed by atoms with Crippen LogP contribution in [0.15, 0.2) is 30.7 Å². The first-order valence-electron chi connectivity index (χ1n) is 13.2. The molecule has 206 valence electrons. The molecule has 3 N–H and O–H groups in total. The molecule has 0 bridgehead atoms. The third kappa shape index (κ3) is 5.53. The van der Waals surface area contributed by atoms with Gasteiger partial charge in [0.05, 0.1) is 23.1 Å². The number of fused-ring (bicyclic) bond motifs is 1. The van der Waals surface area contributed by atoms with Crippen molar-refractivity contribution in [3.05, 3.63) is 47.5 Å². The number of aliphatic hydroxyl groups excluding tert-OH is 1. The lowest BCUT2D eigenvalue weighted by molar-refractivity contribution is -0.136. The predicted octanol–water partition coefficient (Wildman–Crippen LogP) is 3.23. The van der Waals surface area contributed by atoms with Gasteiger partial charge in [0.15, 0.2) is 11.4 Å². The number of nitrogens with zero attached hydrogens (tertiary/aromatic N) is 7. The number of nitrogens with two attached hydrogens (primary N) is 1. The van der Waals surface area contributed by atoms with Crippen molar-refractivity contribution in [3.8, 4) is 22.5 Å². The Kier molecular flexibility index (Phi) is 8.39. The molecule has 4 aromatic rings. The minimum atomic E-state index is -0.530. The zero-order chi connectivity index (χ0) is 28.3. The standard InChI is InChI=1S/C28H36N8O3/c1-6-11-35(24(39)16-37)20(7-2)8-9-22-25(18(4)38)27(29)36-28(32-22)21(15-31-36)19-13-17(3)26(30-14-19)23-10-12-34(5)33-23/h10,12-15,20,37H,6-9,11,16,29H2,1-5H3/t20-/m1/s1. The first-order valence-corrected chi connectivity index (χ1v) is 13.2. The molecule has 39 heavy (non-hydrogen) atoms. The van der Waals surface area contributed by atoms with E-state index in [-0.39, 0.29) is 23.6 Å². The minimum Gasteiger partial charge on any atom is -0.387 e. The zero-order valence-electron chi connectivity index (χ0n) is 23.2. The third-order valence-corrected chi connectivity index (χ3v) is 7.00. The highest BCUT2D eigenvalue weighted by atomic mass is 16.3. The molecule has 0 fully saturated rings. The van der Waals surface area contributed by atoms with Gasteiger partial charge < -0.3 is 15.7 Å². The molecular weight excluding hydrogens is 496 g/mol. The molecule has 4 rings (SSSR count). The van der Waals surface area contributed by atoms with Crippen LogP contribution in [0.1, 0.15) is 61.6 Å². The number of aliphatic hydroxyl groups is 1. The van der Waals surface area contributed by atoms with Gasteiger partial charge in [-0.1, -0.05) is 13.8 Å². The van der Waals surface area contributed by atoms with Crippen LogP contribution in [0, 0.1) is 6.92 Å². The molecule has 4 aromatic heterocycles. The summed E-state index contributed by atoms with van der Waals surface area (Å²) in [4.78, 5) is 36.3. The Morgan fingerprint density at radius 3 is 2.59 bits per heavy atom. The smallest absolute Gasteiger partial charge is 0.248 e. The predicted molar refractivity (Wildman–Crippen MR) is 149 cm³/mol. The van der Waals surface area contributed by atoms with Crippen molar-refractivity contribution in [2.24, 2.45) is 7.05 Å². The van der Waals surface area contributed by atoms with E-state index in [0.717, 1.165) is 34.5 Å². The van der Waals surface area contributed by atoms with Crippen molar-refractivity contribution in [2.45, 2.75) is 59.4 Å². The quantitative estimate of drug-likeness (QED) is 0.280. The van der Waals surface area contributed by atoms with Crippen LogP contribution >= 0.6 is 0 Å². The number of aryl methyl sites for hydroxylation is 3. The largest absolute Gasteiger partial charge is 0.387 e. The first kappa shape index (κ1) is 27.9. The molecule has 11 heteroatoms. The molecule has 0 saturated carbocycles. The lowest BCUT2D eigenvalue weighted by Crippen LogP contribution is -2.42. The minimum absolute atomic E-state index is 0.0981. The fourth-order valence-electron chi connectivity index (χ4n) is 5.09. The summed E-state index contributed by atoms with van der Waals surface area (Å²) < 4.78 is 3.23. The molecule has 0 aliphatic heterocycles. The van der Waals surface area contributed by atoms with Crippen molar-refractivity contribution in [2.75, 3.05) is 18.9 Å². The SMILES string of the molecule is CCCN(C(=O)CO)[C@H](CC)CCc1nc2c(-c3cnc(-c4ccn(C)n4)c(C)c3)cnn2c(N)c1C(C)=O. The summed E-state index contributed by atoms with van der Waals surface area (Å²) in [6, 6.07) is 3.83. The second kappa shape index (κ2) is 11.7. The molecule has 1 amide bonds. The molecule has 11 nitrogen and oxygen atoms in total. The van der Waals surface area contributed by atoms with Crippen molar-refractivity contribution in [3.63, 3.8) is 0 Å². The normalized spacial score (nSPS) is 12.2. The zero-order valence-corrected chi connectivity index (χ0v) is 23.2. The van der Waals surface area contributed by atoms with Crippen LogP contribution in [0.2, 0.25) is 0 Å². The molecule has 0 aliphatic rings. The number of hydrogen-bond donors (Lipinski definition) is 2. The van der Waals surface area contributed by atoms with Gasteiger partial charge in [-0.15, -0.1) is 0 Å². The average Bonchev–Trinajstić information content (AvgIpc) is 3.54. The van der Waals surface area contributed by atoms with Gasteiger partial charge in [-0.2, -0.15) is 14.7 Å². The summed E-state index contributed by atoms with van der Waals surface area (Å²) in [5, 5.41) is 18.4. The monoisotopic (exact) mass is 532 g/mol. The highest BCUT2D eigenvalue weighted by molar-refractivity contribution is 6.00. The van der Waals surface area contributed by atoms with Gasteiger partial charge in [0, 0.05) is 43.2 Å². The summed E-state index contributed by atoms with van der Waals surface area (Å²) in [7, 11) is 1.86. The number of hydrogen-bond acceptors (Lipinski definition) is 8. The van der Waals surface area contributed by atoms with Gasteiger partial charge in [0.2, 0.25) is 5.91 Å². The lowest BCUT2D eigenvalue weighted by Gasteiger charge is -2.30. The van der Waals surface area contributed by atoms with Crippen LogP contribution in [0.5, 0.6) is 0 Å². The van der Waals surface area contributed by atoms with E-state index in [2.05, 4.69) is 15.2 Å². The number of anilines is 1. The van der Waals surface area contributed by atoms with E-state index < -0.39 is 6.61 Å².